The number of amides is 1. The summed E-state index contributed by atoms with van der Waals surface area (Å²) in [5.74, 6) is 2.72. The molecule has 180 valence electrons. The molecule has 2 aromatic carbocycles. The molecule has 2 aliphatic heterocycles. The highest BCUT2D eigenvalue weighted by Crippen LogP contribution is 2.41. The van der Waals surface area contributed by atoms with Crippen LogP contribution in [0.2, 0.25) is 0 Å². The zero-order valence-electron chi connectivity index (χ0n) is 19.6. The van der Waals surface area contributed by atoms with Crippen molar-refractivity contribution in [2.24, 2.45) is 0 Å². The van der Waals surface area contributed by atoms with E-state index in [0.29, 0.717) is 46.0 Å². The second kappa shape index (κ2) is 8.73. The van der Waals surface area contributed by atoms with Gasteiger partial charge in [-0.25, -0.2) is 4.68 Å². The van der Waals surface area contributed by atoms with Gasteiger partial charge in [0.05, 0.1) is 24.6 Å². The predicted molar refractivity (Wildman–Crippen MR) is 132 cm³/mol. The Morgan fingerprint density at radius 2 is 2.03 bits per heavy atom. The zero-order chi connectivity index (χ0) is 24.6. The molecule has 0 spiro atoms. The first-order chi connectivity index (χ1) is 17.6. The number of pyridine rings is 1. The van der Waals surface area contributed by atoms with E-state index in [4.69, 9.17) is 24.3 Å². The lowest BCUT2D eigenvalue weighted by molar-refractivity contribution is -0.113. The summed E-state index contributed by atoms with van der Waals surface area (Å²) in [4.78, 5) is 22.4. The third kappa shape index (κ3) is 3.78. The minimum absolute atomic E-state index is 0.156. The highest BCUT2D eigenvalue weighted by atomic mass is 16.7. The van der Waals surface area contributed by atoms with Gasteiger partial charge < -0.3 is 24.8 Å². The number of nitrogens with one attached hydrogen (secondary N) is 2. The van der Waals surface area contributed by atoms with Crippen molar-refractivity contribution >= 4 is 17.5 Å². The van der Waals surface area contributed by atoms with Crippen molar-refractivity contribution in [3.05, 3.63) is 83.8 Å². The highest BCUT2D eigenvalue weighted by Gasteiger charge is 2.35. The van der Waals surface area contributed by atoms with E-state index < -0.39 is 6.04 Å². The molecule has 6 rings (SSSR count). The predicted octanol–water partition coefficient (Wildman–Crippen LogP) is 4.01. The number of hydrogen-bond acceptors (Lipinski definition) is 8. The van der Waals surface area contributed by atoms with Gasteiger partial charge >= 0.3 is 0 Å². The van der Waals surface area contributed by atoms with E-state index in [1.807, 2.05) is 49.4 Å². The molecule has 0 aliphatic carbocycles. The van der Waals surface area contributed by atoms with Crippen LogP contribution in [0.15, 0.2) is 78.3 Å². The number of carbonyl (C=O) groups is 1. The van der Waals surface area contributed by atoms with E-state index in [-0.39, 0.29) is 12.7 Å². The Labute approximate surface area is 206 Å². The Balaban J connectivity index is 1.46. The van der Waals surface area contributed by atoms with Crippen LogP contribution in [-0.4, -0.2) is 39.6 Å². The third-order valence-corrected chi connectivity index (χ3v) is 6.06. The first-order valence-electron chi connectivity index (χ1n) is 11.3. The molecule has 10 heteroatoms. The summed E-state index contributed by atoms with van der Waals surface area (Å²) in [5.41, 5.74) is 3.35. The van der Waals surface area contributed by atoms with Crippen LogP contribution in [0, 0.1) is 0 Å². The zero-order valence-corrected chi connectivity index (χ0v) is 19.6. The maximum absolute atomic E-state index is 13.6. The summed E-state index contributed by atoms with van der Waals surface area (Å²) in [6.07, 6.45) is 3.25. The van der Waals surface area contributed by atoms with Crippen LogP contribution in [0.4, 0.5) is 11.6 Å². The summed E-state index contributed by atoms with van der Waals surface area (Å²) >= 11 is 0. The Hall–Kier alpha value is -4.86. The molecule has 0 fully saturated rings. The van der Waals surface area contributed by atoms with Gasteiger partial charge in [0.25, 0.3) is 5.91 Å². The Morgan fingerprint density at radius 1 is 1.14 bits per heavy atom. The first-order valence-corrected chi connectivity index (χ1v) is 11.3. The minimum atomic E-state index is -0.570. The standard InChI is InChI=1S/C26H22N6O4/c1-15-22(25(33)29-18-6-4-10-27-13-18)23(16-8-9-20-21(12-16)36-14-35-20)32-26(28-15)30-24(31-32)17-5-3-7-19(11-17)34-2/h3-13,23H,14H2,1-2H3,(H,29,33)(H,28,30,31). The minimum Gasteiger partial charge on any atom is -0.497 e. The van der Waals surface area contributed by atoms with Crippen LogP contribution in [0.1, 0.15) is 18.5 Å². The fourth-order valence-electron chi connectivity index (χ4n) is 4.36. The quantitative estimate of drug-likeness (QED) is 0.439. The lowest BCUT2D eigenvalue weighted by atomic mass is 9.94. The molecule has 2 N–H and O–H groups in total. The molecule has 2 aliphatic rings. The molecule has 4 heterocycles. The van der Waals surface area contributed by atoms with Crippen LogP contribution in [0.25, 0.3) is 11.4 Å². The van der Waals surface area contributed by atoms with Crippen molar-refractivity contribution in [2.45, 2.75) is 13.0 Å². The summed E-state index contributed by atoms with van der Waals surface area (Å²) in [7, 11) is 1.61. The normalized spacial score (nSPS) is 15.8. The molecule has 0 bridgehead atoms. The molecule has 0 saturated carbocycles. The summed E-state index contributed by atoms with van der Waals surface area (Å²) in [6.45, 7) is 2.00. The lowest BCUT2D eigenvalue weighted by Crippen LogP contribution is -2.31. The van der Waals surface area contributed by atoms with Gasteiger partial charge in [-0.1, -0.05) is 18.2 Å². The van der Waals surface area contributed by atoms with Crippen LogP contribution in [0.3, 0.4) is 0 Å². The second-order valence-corrected chi connectivity index (χ2v) is 8.31. The molecule has 0 saturated heterocycles. The van der Waals surface area contributed by atoms with Gasteiger partial charge in [0.1, 0.15) is 11.8 Å². The number of fused-ring (bicyclic) bond motifs is 2. The average Bonchev–Trinajstić information content (AvgIpc) is 3.55. The monoisotopic (exact) mass is 482 g/mol. The van der Waals surface area contributed by atoms with Gasteiger partial charge in [0.2, 0.25) is 12.7 Å². The van der Waals surface area contributed by atoms with Crippen molar-refractivity contribution in [3.8, 4) is 28.6 Å². The first kappa shape index (κ1) is 21.7. The maximum atomic E-state index is 13.6. The van der Waals surface area contributed by atoms with Crippen molar-refractivity contribution in [1.82, 2.24) is 19.7 Å². The number of ether oxygens (including phenoxy) is 3. The number of methoxy groups -OCH3 is 1. The van der Waals surface area contributed by atoms with E-state index >= 15 is 0 Å². The molecule has 36 heavy (non-hydrogen) atoms. The van der Waals surface area contributed by atoms with E-state index in [9.17, 15) is 4.79 Å². The number of carbonyl (C=O) groups excluding carboxylic acids is 1. The van der Waals surface area contributed by atoms with Gasteiger partial charge in [0, 0.05) is 17.5 Å². The van der Waals surface area contributed by atoms with Gasteiger partial charge in [0.15, 0.2) is 17.3 Å². The SMILES string of the molecule is COc1cccc(-c2nc3n(n2)C(c2ccc4c(c2)OCO4)C(C(=O)Nc2cccnc2)=C(C)N3)c1. The van der Waals surface area contributed by atoms with E-state index in [2.05, 4.69) is 15.6 Å². The fraction of sp³-hybridized carbons (Fsp3) is 0.154. The number of rotatable bonds is 5. The molecule has 4 aromatic rings. The van der Waals surface area contributed by atoms with Crippen LogP contribution >= 0.6 is 0 Å². The summed E-state index contributed by atoms with van der Waals surface area (Å²) in [6, 6.07) is 16.1. The Bertz CT molecular complexity index is 1500. The van der Waals surface area contributed by atoms with Gasteiger partial charge in [-0.15, -0.1) is 5.10 Å². The molecule has 1 amide bonds. The third-order valence-electron chi connectivity index (χ3n) is 6.06. The van der Waals surface area contributed by atoms with Crippen molar-refractivity contribution in [1.29, 1.82) is 0 Å². The lowest BCUT2D eigenvalue weighted by Gasteiger charge is -2.28. The molecular formula is C26H22N6O4. The summed E-state index contributed by atoms with van der Waals surface area (Å²) < 4.78 is 18.2. The molecule has 1 unspecified atom stereocenters. The van der Waals surface area contributed by atoms with Crippen molar-refractivity contribution < 1.29 is 19.0 Å². The number of allylic oxidation sites excluding steroid dienone is 1. The number of benzene rings is 2. The highest BCUT2D eigenvalue weighted by molar-refractivity contribution is 6.06. The van der Waals surface area contributed by atoms with Gasteiger partial charge in [-0.05, 0) is 48.9 Å². The summed E-state index contributed by atoms with van der Waals surface area (Å²) in [5, 5.41) is 11.0. The van der Waals surface area contributed by atoms with Gasteiger partial charge in [-0.2, -0.15) is 4.98 Å². The van der Waals surface area contributed by atoms with Crippen LogP contribution < -0.4 is 24.8 Å². The fourth-order valence-corrected chi connectivity index (χ4v) is 4.36. The molecule has 0 radical (unpaired) electrons. The van der Waals surface area contributed by atoms with Crippen LogP contribution in [-0.2, 0) is 4.79 Å². The van der Waals surface area contributed by atoms with Gasteiger partial charge in [-0.3, -0.25) is 9.78 Å². The average molecular weight is 483 g/mol. The molecule has 10 nitrogen and oxygen atoms in total. The van der Waals surface area contributed by atoms with E-state index in [1.54, 1.807) is 36.3 Å². The molecule has 2 aromatic heterocycles. The number of nitrogens with zero attached hydrogens (tertiary/aromatic N) is 4. The van der Waals surface area contributed by atoms with E-state index in [0.717, 1.165) is 11.1 Å². The second-order valence-electron chi connectivity index (χ2n) is 8.31. The molecular weight excluding hydrogens is 460 g/mol. The Kier molecular flexibility index (Phi) is 5.25. The number of anilines is 2. The maximum Gasteiger partial charge on any atom is 0.255 e. The topological polar surface area (TPSA) is 112 Å². The van der Waals surface area contributed by atoms with Crippen molar-refractivity contribution in [3.63, 3.8) is 0 Å². The van der Waals surface area contributed by atoms with Crippen LogP contribution in [0.5, 0.6) is 17.2 Å². The largest absolute Gasteiger partial charge is 0.497 e. The number of aromatic nitrogens is 4. The van der Waals surface area contributed by atoms with E-state index in [1.165, 1.54) is 0 Å². The Morgan fingerprint density at radius 3 is 2.86 bits per heavy atom. The smallest absolute Gasteiger partial charge is 0.255 e. The van der Waals surface area contributed by atoms with Crippen molar-refractivity contribution in [2.75, 3.05) is 24.5 Å². The number of hydrogen-bond donors (Lipinski definition) is 2. The molecule has 1 atom stereocenters.